The second-order valence-corrected chi connectivity index (χ2v) is 5.66. The number of allylic oxidation sites excluding steroid dienone is 4. The largest absolute Gasteiger partial charge is 0.391 e. The molecular weight excluding hydrogens is 338 g/mol. The summed E-state index contributed by atoms with van der Waals surface area (Å²) in [6.45, 7) is 13.4. The monoisotopic (exact) mass is 387 g/mol. The Morgan fingerprint density at radius 3 is 1.22 bits per heavy atom. The molecule has 6 heteroatoms. The van der Waals surface area contributed by atoms with Crippen molar-refractivity contribution in [3.05, 3.63) is 22.5 Å². The molecule has 0 fully saturated rings. The molecule has 0 aliphatic heterocycles. The Hall–Kier alpha value is -1.66. The Kier molecular flexibility index (Phi) is 30.1. The summed E-state index contributed by atoms with van der Waals surface area (Å²) in [5.74, 6) is 0.127. The molecule has 0 aliphatic rings. The fourth-order valence-corrected chi connectivity index (χ4v) is 1.22. The van der Waals surface area contributed by atoms with Crippen LogP contribution in [0.1, 0.15) is 63.3 Å². The summed E-state index contributed by atoms with van der Waals surface area (Å²) in [4.78, 5) is 14.7. The van der Waals surface area contributed by atoms with E-state index in [0.717, 1.165) is 17.0 Å². The van der Waals surface area contributed by atoms with Crippen LogP contribution in [-0.4, -0.2) is 52.9 Å². The molecule has 27 heavy (non-hydrogen) atoms. The van der Waals surface area contributed by atoms with Crippen molar-refractivity contribution in [2.45, 2.75) is 69.5 Å². The first-order chi connectivity index (χ1) is 11.5. The lowest BCUT2D eigenvalue weighted by Crippen LogP contribution is -2.34. The van der Waals surface area contributed by atoms with Crippen molar-refractivity contribution in [3.63, 3.8) is 0 Å². The third-order valence-electron chi connectivity index (χ3n) is 4.15. The minimum Gasteiger partial charge on any atom is -0.391 e. The minimum absolute atomic E-state index is 0. The van der Waals surface area contributed by atoms with Crippen molar-refractivity contribution >= 4 is 11.5 Å². The van der Waals surface area contributed by atoms with Crippen molar-refractivity contribution in [3.8, 4) is 0 Å². The Balaban J connectivity index is -0.0000000889. The highest BCUT2D eigenvalue weighted by Gasteiger charge is 1.98. The highest BCUT2D eigenvalue weighted by molar-refractivity contribution is 5.98. The van der Waals surface area contributed by atoms with E-state index in [2.05, 4.69) is 40.1 Å². The van der Waals surface area contributed by atoms with Crippen molar-refractivity contribution in [1.82, 2.24) is 21.3 Å². The first-order valence-electron chi connectivity index (χ1n) is 8.53. The van der Waals surface area contributed by atoms with E-state index in [4.69, 9.17) is 0 Å². The number of hydrogen-bond acceptors (Lipinski definition) is 6. The number of carbonyl (C=O) groups is 1. The van der Waals surface area contributed by atoms with E-state index in [1.54, 1.807) is 6.92 Å². The number of nitrogens with one attached hydrogen (secondary N) is 4. The minimum atomic E-state index is 0. The summed E-state index contributed by atoms with van der Waals surface area (Å²) >= 11 is 0. The lowest BCUT2D eigenvalue weighted by atomic mass is 10.1. The maximum Gasteiger partial charge on any atom is 0.157 e. The van der Waals surface area contributed by atoms with E-state index in [0.29, 0.717) is 6.17 Å². The fourth-order valence-electron chi connectivity index (χ4n) is 1.22. The van der Waals surface area contributed by atoms with E-state index < -0.39 is 0 Å². The zero-order chi connectivity index (χ0) is 20.6. The van der Waals surface area contributed by atoms with Crippen LogP contribution >= 0.6 is 0 Å². The quantitative estimate of drug-likeness (QED) is 0.317. The van der Waals surface area contributed by atoms with Gasteiger partial charge in [0.25, 0.3) is 0 Å². The first kappa shape index (κ1) is 36.3. The standard InChI is InChI=1S/C8H16N2.C7H13NO.C4H12N2.2CH4/c1-6(7(2)9-4)8(3)10-5;1-5(7(3)9)6(2)8-4;1-4(5-2)6-3;;/h9H,1-5H3;8H,1-4H3;4-6H,1-3H3;2*1H4. The van der Waals surface area contributed by atoms with Crippen LogP contribution in [-0.2, 0) is 4.79 Å². The van der Waals surface area contributed by atoms with Gasteiger partial charge < -0.3 is 21.3 Å². The fraction of sp³-hybridized carbons (Fsp3) is 0.714. The van der Waals surface area contributed by atoms with Gasteiger partial charge in [-0.2, -0.15) is 0 Å². The molecule has 0 bridgehead atoms. The molecule has 164 valence electrons. The smallest absolute Gasteiger partial charge is 0.157 e. The number of hydrogen-bond donors (Lipinski definition) is 4. The SMILES string of the molecule is C.C.CN=C(C)C(C)=C(C)NC.CNC(C)=C(C)C(C)=O.CNC(C)NC. The molecule has 0 saturated heterocycles. The van der Waals surface area contributed by atoms with Gasteiger partial charge in [0.15, 0.2) is 5.78 Å². The molecule has 0 unspecified atom stereocenters. The Morgan fingerprint density at radius 2 is 1.07 bits per heavy atom. The Bertz CT molecular complexity index is 461. The van der Waals surface area contributed by atoms with Gasteiger partial charge in [-0.15, -0.1) is 0 Å². The lowest BCUT2D eigenvalue weighted by Gasteiger charge is -2.05. The summed E-state index contributed by atoms with van der Waals surface area (Å²) in [6.07, 6.45) is 0.435. The average Bonchev–Trinajstić information content (AvgIpc) is 2.64. The molecule has 0 aromatic heterocycles. The van der Waals surface area contributed by atoms with Gasteiger partial charge in [-0.25, -0.2) is 0 Å². The van der Waals surface area contributed by atoms with Crippen LogP contribution in [0.4, 0.5) is 0 Å². The molecule has 0 aromatic carbocycles. The van der Waals surface area contributed by atoms with Crippen LogP contribution < -0.4 is 21.3 Å². The van der Waals surface area contributed by atoms with Crippen LogP contribution in [0.5, 0.6) is 0 Å². The van der Waals surface area contributed by atoms with Crippen LogP contribution in [0.2, 0.25) is 0 Å². The van der Waals surface area contributed by atoms with E-state index in [-0.39, 0.29) is 20.6 Å². The Labute approximate surface area is 170 Å². The second kappa shape index (κ2) is 22.4. The molecule has 0 atom stereocenters. The molecule has 0 saturated carbocycles. The molecule has 6 nitrogen and oxygen atoms in total. The van der Waals surface area contributed by atoms with Gasteiger partial charge >= 0.3 is 0 Å². The Morgan fingerprint density at radius 1 is 0.741 bits per heavy atom. The number of rotatable bonds is 6. The lowest BCUT2D eigenvalue weighted by molar-refractivity contribution is -0.113. The number of aliphatic imine (C=N–C) groups is 1. The summed E-state index contributed by atoms with van der Waals surface area (Å²) < 4.78 is 0. The van der Waals surface area contributed by atoms with Crippen LogP contribution in [0.3, 0.4) is 0 Å². The van der Waals surface area contributed by atoms with Crippen molar-refractivity contribution in [1.29, 1.82) is 0 Å². The molecule has 0 rings (SSSR count). The first-order valence-corrected chi connectivity index (χ1v) is 8.53. The van der Waals surface area contributed by atoms with Gasteiger partial charge in [0.05, 0.1) is 6.17 Å². The van der Waals surface area contributed by atoms with Crippen LogP contribution in [0.15, 0.2) is 27.5 Å². The topological polar surface area (TPSA) is 77.5 Å². The van der Waals surface area contributed by atoms with Gasteiger partial charge in [0, 0.05) is 43.8 Å². The maximum atomic E-state index is 10.6. The van der Waals surface area contributed by atoms with E-state index >= 15 is 0 Å². The molecule has 0 aliphatic carbocycles. The molecule has 0 aromatic rings. The zero-order valence-corrected chi connectivity index (χ0v) is 18.4. The summed E-state index contributed by atoms with van der Waals surface area (Å²) in [5.41, 5.74) is 5.25. The molecule has 0 heterocycles. The average molecular weight is 388 g/mol. The summed E-state index contributed by atoms with van der Waals surface area (Å²) in [7, 11) is 9.37. The van der Waals surface area contributed by atoms with Gasteiger partial charge in [0.2, 0.25) is 0 Å². The molecule has 0 radical (unpaired) electrons. The molecule has 4 N–H and O–H groups in total. The second-order valence-electron chi connectivity index (χ2n) is 5.66. The summed E-state index contributed by atoms with van der Waals surface area (Å²) in [5, 5.41) is 12.0. The van der Waals surface area contributed by atoms with Crippen molar-refractivity contribution in [2.24, 2.45) is 4.99 Å². The zero-order valence-electron chi connectivity index (χ0n) is 18.4. The van der Waals surface area contributed by atoms with Crippen LogP contribution in [0, 0.1) is 0 Å². The molecular formula is C21H49N5O. The maximum absolute atomic E-state index is 10.6. The predicted molar refractivity (Wildman–Crippen MR) is 126 cm³/mol. The van der Waals surface area contributed by atoms with E-state index in [1.165, 1.54) is 11.3 Å². The van der Waals surface area contributed by atoms with Crippen molar-refractivity contribution in [2.75, 3.05) is 35.2 Å². The van der Waals surface area contributed by atoms with Crippen molar-refractivity contribution < 1.29 is 4.79 Å². The van der Waals surface area contributed by atoms with E-state index in [9.17, 15) is 4.79 Å². The van der Waals surface area contributed by atoms with Gasteiger partial charge in [0.1, 0.15) is 0 Å². The van der Waals surface area contributed by atoms with Gasteiger partial charge in [-0.3, -0.25) is 9.79 Å². The highest BCUT2D eigenvalue weighted by Crippen LogP contribution is 2.01. The third kappa shape index (κ3) is 20.5. The predicted octanol–water partition coefficient (Wildman–Crippen LogP) is 3.72. The van der Waals surface area contributed by atoms with Crippen LogP contribution in [0.25, 0.3) is 0 Å². The van der Waals surface area contributed by atoms with E-state index in [1.807, 2.05) is 62.9 Å². The number of carbonyl (C=O) groups excluding carboxylic acids is 1. The van der Waals surface area contributed by atoms with Gasteiger partial charge in [-0.05, 0) is 68.1 Å². The number of Topliss-reactive ketones (excluding diaryl/α,β-unsaturated/α-hetero) is 1. The normalized spacial score (nSPS) is 11.8. The third-order valence-corrected chi connectivity index (χ3v) is 4.15. The molecule has 0 amide bonds. The summed E-state index contributed by atoms with van der Waals surface area (Å²) in [6, 6.07) is 0. The number of ketones is 1. The number of nitrogens with zero attached hydrogens (tertiary/aromatic N) is 1. The highest BCUT2D eigenvalue weighted by atomic mass is 16.1. The van der Waals surface area contributed by atoms with Gasteiger partial charge in [-0.1, -0.05) is 14.9 Å². The molecule has 0 spiro atoms.